The lowest BCUT2D eigenvalue weighted by molar-refractivity contribution is -0.385. The highest BCUT2D eigenvalue weighted by Crippen LogP contribution is 2.76. The summed E-state index contributed by atoms with van der Waals surface area (Å²) in [6.45, 7) is 3.69. The molecule has 0 saturated carbocycles. The van der Waals surface area contributed by atoms with Crippen LogP contribution in [0.15, 0.2) is 24.3 Å². The van der Waals surface area contributed by atoms with E-state index in [0.717, 1.165) is 0 Å². The summed E-state index contributed by atoms with van der Waals surface area (Å²) in [6, 6.07) is 5.90. The van der Waals surface area contributed by atoms with Gasteiger partial charge in [0.25, 0.3) is 5.69 Å². The summed E-state index contributed by atoms with van der Waals surface area (Å²) in [7, 11) is 0. The predicted molar refractivity (Wildman–Crippen MR) is 81.9 cm³/mol. The van der Waals surface area contributed by atoms with E-state index in [-0.39, 0.29) is 11.3 Å². The maximum Gasteiger partial charge on any atom is 0.275 e. The second kappa shape index (κ2) is 7.33. The molecule has 0 bridgehead atoms. The van der Waals surface area contributed by atoms with E-state index in [2.05, 4.69) is 0 Å². The zero-order valence-corrected chi connectivity index (χ0v) is 13.2. The topological polar surface area (TPSA) is 80.4 Å². The van der Waals surface area contributed by atoms with Crippen molar-refractivity contribution in [3.8, 4) is 0 Å². The molecule has 1 rings (SSSR count). The van der Waals surface area contributed by atoms with Crippen molar-refractivity contribution >= 4 is 34.0 Å². The normalized spacial score (nSPS) is 13.2. The summed E-state index contributed by atoms with van der Waals surface area (Å²) in [5, 5.41) is 21.3. The molecule has 0 amide bonds. The molecule has 0 aliphatic heterocycles. The van der Waals surface area contributed by atoms with Crippen LogP contribution in [0.1, 0.15) is 25.3 Å². The first-order chi connectivity index (χ1) is 8.96. The van der Waals surface area contributed by atoms with Crippen LogP contribution >= 0.6 is 28.3 Å². The average molecular weight is 321 g/mol. The highest BCUT2D eigenvalue weighted by atomic mass is 33.1. The molecule has 106 valence electrons. The number of benzene rings is 1. The minimum absolute atomic E-state index is 0.123. The summed E-state index contributed by atoms with van der Waals surface area (Å²) < 4.78 is 12.7. The number of para-hydroxylation sites is 1. The van der Waals surface area contributed by atoms with Crippen LogP contribution in [0.2, 0.25) is 0 Å². The first kappa shape index (κ1) is 16.6. The van der Waals surface area contributed by atoms with Crippen molar-refractivity contribution < 1.29 is 14.6 Å². The van der Waals surface area contributed by atoms with E-state index in [9.17, 15) is 19.8 Å². The molecule has 1 N–H and O–H groups in total. The highest BCUT2D eigenvalue weighted by molar-refractivity contribution is 8.90. The Morgan fingerprint density at radius 2 is 1.84 bits per heavy atom. The maximum absolute atomic E-state index is 12.7. The quantitative estimate of drug-likeness (QED) is 0.458. The van der Waals surface area contributed by atoms with E-state index < -0.39 is 16.3 Å². The van der Waals surface area contributed by atoms with Gasteiger partial charge in [0, 0.05) is 6.07 Å². The molecule has 5 nitrogen and oxygen atoms in total. The van der Waals surface area contributed by atoms with Gasteiger partial charge in [0.2, 0.25) is 5.55 Å². The number of hydrogen-bond acceptors (Lipinski definition) is 6. The molecule has 1 aromatic rings. The fourth-order valence-corrected chi connectivity index (χ4v) is 9.70. The van der Waals surface area contributed by atoms with E-state index in [1.54, 1.807) is 6.07 Å². The molecule has 0 unspecified atom stereocenters. The van der Waals surface area contributed by atoms with E-state index in [0.29, 0.717) is 11.5 Å². The molecule has 19 heavy (non-hydrogen) atoms. The Morgan fingerprint density at radius 1 is 1.32 bits per heavy atom. The molecule has 0 aliphatic carbocycles. The van der Waals surface area contributed by atoms with E-state index in [1.165, 1.54) is 41.0 Å². The second-order valence-electron chi connectivity index (χ2n) is 3.56. The van der Waals surface area contributed by atoms with Crippen LogP contribution in [0, 0.1) is 10.1 Å². The van der Waals surface area contributed by atoms with Crippen LogP contribution in [0.5, 0.6) is 0 Å². The van der Waals surface area contributed by atoms with Crippen LogP contribution in [-0.4, -0.2) is 21.5 Å². The minimum Gasteiger partial charge on any atom is -0.379 e. The van der Waals surface area contributed by atoms with Crippen LogP contribution < -0.4 is 0 Å². The number of aliphatic hydroxyl groups is 1. The van der Waals surface area contributed by atoms with Gasteiger partial charge in [0.05, 0.1) is 10.5 Å². The lowest BCUT2D eigenvalue weighted by atomic mass is 10.2. The number of nitro benzene ring substituents is 1. The zero-order valence-electron chi connectivity index (χ0n) is 10.7. The lowest BCUT2D eigenvalue weighted by Crippen LogP contribution is -2.01. The molecule has 1 atom stereocenters. The van der Waals surface area contributed by atoms with Crippen molar-refractivity contribution in [3.05, 3.63) is 39.9 Å². The molecule has 0 saturated heterocycles. The SMILES string of the molecule is CCSP(=O)(SCC)[C@@H](O)c1ccccc1[N+](=O)[O-]. The number of aliphatic hydroxyl groups excluding tert-OH is 1. The number of rotatable bonds is 7. The molecule has 0 spiro atoms. The minimum atomic E-state index is -3.01. The zero-order chi connectivity index (χ0) is 14.5. The fraction of sp³-hybridized carbons (Fsp3) is 0.455. The summed E-state index contributed by atoms with van der Waals surface area (Å²) in [5.74, 6) is -0.145. The lowest BCUT2D eigenvalue weighted by Gasteiger charge is -2.21. The Bertz CT molecular complexity index is 487. The summed E-state index contributed by atoms with van der Waals surface area (Å²) in [4.78, 5) is 10.4. The van der Waals surface area contributed by atoms with Crippen molar-refractivity contribution in [2.24, 2.45) is 0 Å². The second-order valence-corrected chi connectivity index (χ2v) is 12.3. The molecule has 1 aromatic carbocycles. The van der Waals surface area contributed by atoms with Gasteiger partial charge in [-0.05, 0) is 17.6 Å². The van der Waals surface area contributed by atoms with Gasteiger partial charge in [0.15, 0.2) is 5.85 Å². The fourth-order valence-electron chi connectivity index (χ4n) is 1.58. The molecule has 0 fully saturated rings. The standard InChI is InChI=1S/C11H16NO4PS2/c1-3-18-17(16,19-4-2)11(13)9-7-5-6-8-10(9)12(14)15/h5-8,11,13H,3-4H2,1-2H3/t11-/m1/s1. The first-order valence-corrected chi connectivity index (χ1v) is 10.7. The van der Waals surface area contributed by atoms with Gasteiger partial charge in [-0.3, -0.25) is 14.7 Å². The number of nitro groups is 1. The van der Waals surface area contributed by atoms with Crippen LogP contribution in [0.25, 0.3) is 0 Å². The molecule has 0 heterocycles. The summed E-state index contributed by atoms with van der Waals surface area (Å²) in [5.41, 5.74) is -3.08. The van der Waals surface area contributed by atoms with Crippen molar-refractivity contribution in [2.75, 3.05) is 11.5 Å². The van der Waals surface area contributed by atoms with E-state index in [1.807, 2.05) is 13.8 Å². The molecule has 0 aliphatic rings. The Hall–Kier alpha value is -0.490. The average Bonchev–Trinajstić information content (AvgIpc) is 2.38. The monoisotopic (exact) mass is 321 g/mol. The largest absolute Gasteiger partial charge is 0.379 e. The Morgan fingerprint density at radius 3 is 2.32 bits per heavy atom. The van der Waals surface area contributed by atoms with E-state index in [4.69, 9.17) is 0 Å². The van der Waals surface area contributed by atoms with Gasteiger partial charge in [-0.25, -0.2) is 0 Å². The third kappa shape index (κ3) is 3.99. The van der Waals surface area contributed by atoms with Crippen molar-refractivity contribution in [1.82, 2.24) is 0 Å². The molecule has 0 radical (unpaired) electrons. The van der Waals surface area contributed by atoms with Crippen LogP contribution in [-0.2, 0) is 4.57 Å². The van der Waals surface area contributed by atoms with Gasteiger partial charge in [0.1, 0.15) is 0 Å². The molecular formula is C11H16NO4PS2. The first-order valence-electron chi connectivity index (χ1n) is 5.76. The van der Waals surface area contributed by atoms with Crippen molar-refractivity contribution in [1.29, 1.82) is 0 Å². The van der Waals surface area contributed by atoms with E-state index >= 15 is 0 Å². The third-order valence-electron chi connectivity index (χ3n) is 2.33. The van der Waals surface area contributed by atoms with Crippen molar-refractivity contribution in [3.63, 3.8) is 0 Å². The smallest absolute Gasteiger partial charge is 0.275 e. The van der Waals surface area contributed by atoms with Gasteiger partial charge in [-0.15, -0.1) is 0 Å². The maximum atomic E-state index is 12.7. The number of nitrogens with zero attached hydrogens (tertiary/aromatic N) is 1. The Balaban J connectivity index is 3.20. The summed E-state index contributed by atoms with van der Waals surface area (Å²) >= 11 is 2.35. The third-order valence-corrected chi connectivity index (χ3v) is 11.2. The van der Waals surface area contributed by atoms with Gasteiger partial charge < -0.3 is 5.11 Å². The van der Waals surface area contributed by atoms with Gasteiger partial charge in [-0.1, -0.05) is 48.7 Å². The Kier molecular flexibility index (Phi) is 6.39. The predicted octanol–water partition coefficient (Wildman–Crippen LogP) is 4.29. The van der Waals surface area contributed by atoms with Crippen LogP contribution in [0.4, 0.5) is 5.69 Å². The van der Waals surface area contributed by atoms with Gasteiger partial charge in [-0.2, -0.15) is 0 Å². The van der Waals surface area contributed by atoms with Gasteiger partial charge >= 0.3 is 0 Å². The molecule has 0 aromatic heterocycles. The molecule has 8 heteroatoms. The van der Waals surface area contributed by atoms with Crippen molar-refractivity contribution in [2.45, 2.75) is 19.7 Å². The summed E-state index contributed by atoms with van der Waals surface area (Å²) in [6.07, 6.45) is 0. The molecular weight excluding hydrogens is 305 g/mol. The highest BCUT2D eigenvalue weighted by Gasteiger charge is 2.36. The Labute approximate surface area is 120 Å². The number of hydrogen-bond donors (Lipinski definition) is 1. The van der Waals surface area contributed by atoms with Crippen LogP contribution in [0.3, 0.4) is 0 Å².